The highest BCUT2D eigenvalue weighted by atomic mass is 16.5. The second-order valence-electron chi connectivity index (χ2n) is 6.32. The van der Waals surface area contributed by atoms with E-state index in [4.69, 9.17) is 9.84 Å². The molecule has 4 nitrogen and oxygen atoms in total. The van der Waals surface area contributed by atoms with Crippen molar-refractivity contribution >= 4 is 11.9 Å². The second-order valence-corrected chi connectivity index (χ2v) is 6.32. The molecule has 0 saturated carbocycles. The summed E-state index contributed by atoms with van der Waals surface area (Å²) in [7, 11) is 0. The fourth-order valence-corrected chi connectivity index (χ4v) is 2.24. The minimum atomic E-state index is -1.06. The maximum absolute atomic E-state index is 11.4. The summed E-state index contributed by atoms with van der Waals surface area (Å²) < 4.78 is 4.98. The van der Waals surface area contributed by atoms with Gasteiger partial charge in [0.05, 0.1) is 13.0 Å². The van der Waals surface area contributed by atoms with Crippen molar-refractivity contribution in [2.75, 3.05) is 6.61 Å². The Morgan fingerprint density at radius 2 is 1.45 bits per heavy atom. The molecule has 0 unspecified atom stereocenters. The zero-order valence-electron chi connectivity index (χ0n) is 14.2. The number of carbonyl (C=O) groups excluding carboxylic acids is 1. The molecule has 0 spiro atoms. The van der Waals surface area contributed by atoms with E-state index in [-0.39, 0.29) is 12.0 Å². The number of esters is 1. The molecule has 0 fully saturated rings. The second kappa shape index (κ2) is 13.4. The Morgan fingerprint density at radius 1 is 0.955 bits per heavy atom. The lowest BCUT2D eigenvalue weighted by atomic mass is 10.0. The number of aliphatic carboxylic acids is 1. The highest BCUT2D eigenvalue weighted by molar-refractivity contribution is 5.92. The fourth-order valence-electron chi connectivity index (χ4n) is 2.24. The number of carboxylic acid groups (broad SMARTS) is 1. The van der Waals surface area contributed by atoms with Gasteiger partial charge in [-0.25, -0.2) is 4.79 Å². The summed E-state index contributed by atoms with van der Waals surface area (Å²) in [4.78, 5) is 21.8. The Morgan fingerprint density at radius 3 is 1.95 bits per heavy atom. The van der Waals surface area contributed by atoms with Gasteiger partial charge in [-0.15, -0.1) is 0 Å². The largest absolute Gasteiger partial charge is 0.481 e. The van der Waals surface area contributed by atoms with E-state index in [1.807, 2.05) is 0 Å². The summed E-state index contributed by atoms with van der Waals surface area (Å²) in [6.45, 7) is 8.30. The molecular formula is C18H32O4. The maximum atomic E-state index is 11.4. The van der Waals surface area contributed by atoms with Gasteiger partial charge in [0.1, 0.15) is 0 Å². The van der Waals surface area contributed by atoms with E-state index in [1.165, 1.54) is 38.5 Å². The summed E-state index contributed by atoms with van der Waals surface area (Å²) in [6.07, 6.45) is 10.5. The Labute approximate surface area is 134 Å². The summed E-state index contributed by atoms with van der Waals surface area (Å²) in [6, 6.07) is 0. The molecule has 128 valence electrons. The van der Waals surface area contributed by atoms with Gasteiger partial charge in [-0.3, -0.25) is 4.79 Å². The monoisotopic (exact) mass is 312 g/mol. The van der Waals surface area contributed by atoms with Crippen LogP contribution >= 0.6 is 0 Å². The third kappa shape index (κ3) is 13.7. The summed E-state index contributed by atoms with van der Waals surface area (Å²) in [5.74, 6) is -0.836. The fraction of sp³-hybridized carbons (Fsp3) is 0.778. The third-order valence-electron chi connectivity index (χ3n) is 3.56. The summed E-state index contributed by atoms with van der Waals surface area (Å²) in [5.41, 5.74) is 0.00824. The van der Waals surface area contributed by atoms with Crippen molar-refractivity contribution in [3.05, 3.63) is 12.2 Å². The van der Waals surface area contributed by atoms with Crippen molar-refractivity contribution in [2.45, 2.75) is 78.1 Å². The molecule has 0 amide bonds. The van der Waals surface area contributed by atoms with Crippen LogP contribution in [0.4, 0.5) is 0 Å². The molecule has 0 atom stereocenters. The van der Waals surface area contributed by atoms with Gasteiger partial charge in [0.25, 0.3) is 0 Å². The molecule has 0 radical (unpaired) electrons. The van der Waals surface area contributed by atoms with Crippen molar-refractivity contribution < 1.29 is 19.4 Å². The highest BCUT2D eigenvalue weighted by Crippen LogP contribution is 2.12. The molecule has 0 saturated heterocycles. The third-order valence-corrected chi connectivity index (χ3v) is 3.56. The standard InChI is InChI=1S/C18H32O4/c1-15(2)12-10-8-6-4-5-7-9-11-13-22-18(21)16(3)14-17(19)20/h15H,3-14H2,1-2H3,(H,19,20). The minimum Gasteiger partial charge on any atom is -0.481 e. The minimum absolute atomic E-state index is 0.00824. The van der Waals surface area contributed by atoms with Gasteiger partial charge >= 0.3 is 11.9 Å². The molecule has 0 aromatic carbocycles. The van der Waals surface area contributed by atoms with Crippen LogP contribution in [0.25, 0.3) is 0 Å². The Balaban J connectivity index is 3.31. The van der Waals surface area contributed by atoms with Crippen LogP contribution in [0.2, 0.25) is 0 Å². The SMILES string of the molecule is C=C(CC(=O)O)C(=O)OCCCCCCCCCCC(C)C. The first-order valence-electron chi connectivity index (χ1n) is 8.50. The van der Waals surface area contributed by atoms with Crippen LogP contribution in [0.3, 0.4) is 0 Å². The molecule has 1 N–H and O–H groups in total. The molecule has 0 aromatic rings. The van der Waals surface area contributed by atoms with E-state index >= 15 is 0 Å². The number of hydrogen-bond donors (Lipinski definition) is 1. The smallest absolute Gasteiger partial charge is 0.333 e. The van der Waals surface area contributed by atoms with E-state index in [1.54, 1.807) is 0 Å². The Kier molecular flexibility index (Phi) is 12.5. The predicted molar refractivity (Wildman–Crippen MR) is 88.7 cm³/mol. The Hall–Kier alpha value is -1.32. The van der Waals surface area contributed by atoms with Gasteiger partial charge in [-0.1, -0.05) is 71.8 Å². The topological polar surface area (TPSA) is 63.6 Å². The molecule has 0 aromatic heterocycles. The maximum Gasteiger partial charge on any atom is 0.333 e. The number of hydrogen-bond acceptors (Lipinski definition) is 3. The van der Waals surface area contributed by atoms with Crippen molar-refractivity contribution in [1.29, 1.82) is 0 Å². The first kappa shape index (κ1) is 20.7. The van der Waals surface area contributed by atoms with E-state index < -0.39 is 11.9 Å². The normalized spacial score (nSPS) is 10.7. The average molecular weight is 312 g/mol. The lowest BCUT2D eigenvalue weighted by molar-refractivity contribution is -0.142. The molecular weight excluding hydrogens is 280 g/mol. The van der Waals surface area contributed by atoms with Gasteiger partial charge in [0.2, 0.25) is 0 Å². The van der Waals surface area contributed by atoms with Crippen molar-refractivity contribution in [1.82, 2.24) is 0 Å². The van der Waals surface area contributed by atoms with E-state index in [0.717, 1.165) is 25.2 Å². The lowest BCUT2D eigenvalue weighted by Crippen LogP contribution is -2.11. The van der Waals surface area contributed by atoms with Crippen LogP contribution in [0.1, 0.15) is 78.1 Å². The van der Waals surface area contributed by atoms with Crippen molar-refractivity contribution in [3.8, 4) is 0 Å². The van der Waals surface area contributed by atoms with Crippen LogP contribution < -0.4 is 0 Å². The quantitative estimate of drug-likeness (QED) is 0.286. The number of carbonyl (C=O) groups is 2. The van der Waals surface area contributed by atoms with Crippen LogP contribution in [0.5, 0.6) is 0 Å². The van der Waals surface area contributed by atoms with Crippen LogP contribution in [0.15, 0.2) is 12.2 Å². The van der Waals surface area contributed by atoms with Crippen LogP contribution in [0, 0.1) is 5.92 Å². The zero-order chi connectivity index (χ0) is 16.8. The number of carboxylic acids is 1. The van der Waals surface area contributed by atoms with Crippen molar-refractivity contribution in [3.63, 3.8) is 0 Å². The van der Waals surface area contributed by atoms with E-state index in [2.05, 4.69) is 20.4 Å². The van der Waals surface area contributed by atoms with E-state index in [9.17, 15) is 9.59 Å². The predicted octanol–water partition coefficient (Wildman–Crippen LogP) is 4.73. The van der Waals surface area contributed by atoms with Crippen molar-refractivity contribution in [2.24, 2.45) is 5.92 Å². The van der Waals surface area contributed by atoms with Crippen LogP contribution in [-0.4, -0.2) is 23.7 Å². The first-order valence-corrected chi connectivity index (χ1v) is 8.50. The van der Waals surface area contributed by atoms with Gasteiger partial charge in [0.15, 0.2) is 0 Å². The molecule has 22 heavy (non-hydrogen) atoms. The van der Waals surface area contributed by atoms with E-state index in [0.29, 0.717) is 6.61 Å². The molecule has 0 bridgehead atoms. The number of ether oxygens (including phenoxy) is 1. The first-order chi connectivity index (χ1) is 10.4. The molecule has 0 aliphatic carbocycles. The summed E-state index contributed by atoms with van der Waals surface area (Å²) in [5, 5.41) is 8.54. The van der Waals surface area contributed by atoms with Gasteiger partial charge in [0, 0.05) is 5.57 Å². The Bertz CT molecular complexity index is 334. The molecule has 4 heteroatoms. The lowest BCUT2D eigenvalue weighted by Gasteiger charge is -2.06. The molecule has 0 rings (SSSR count). The molecule has 0 aliphatic heterocycles. The summed E-state index contributed by atoms with van der Waals surface area (Å²) >= 11 is 0. The highest BCUT2D eigenvalue weighted by Gasteiger charge is 2.11. The average Bonchev–Trinajstić information content (AvgIpc) is 2.43. The number of unbranched alkanes of at least 4 members (excludes halogenated alkanes) is 7. The van der Waals surface area contributed by atoms with Gasteiger partial charge in [-0.2, -0.15) is 0 Å². The molecule has 0 heterocycles. The van der Waals surface area contributed by atoms with Crippen LogP contribution in [-0.2, 0) is 14.3 Å². The van der Waals surface area contributed by atoms with Gasteiger partial charge < -0.3 is 9.84 Å². The molecule has 0 aliphatic rings. The van der Waals surface area contributed by atoms with Gasteiger partial charge in [-0.05, 0) is 12.3 Å². The number of rotatable bonds is 14. The zero-order valence-corrected chi connectivity index (χ0v) is 14.2.